The van der Waals surface area contributed by atoms with E-state index in [2.05, 4.69) is 17.4 Å². The van der Waals surface area contributed by atoms with E-state index in [1.54, 1.807) is 24.4 Å². The molecule has 0 aliphatic rings. The minimum absolute atomic E-state index is 0.0188. The number of amides is 1. The third-order valence-corrected chi connectivity index (χ3v) is 5.76. The summed E-state index contributed by atoms with van der Waals surface area (Å²) in [6.45, 7) is 0.970. The van der Waals surface area contributed by atoms with Crippen LogP contribution < -0.4 is 10.7 Å². The van der Waals surface area contributed by atoms with Crippen molar-refractivity contribution in [3.8, 4) is 0 Å². The highest BCUT2D eigenvalue weighted by atomic mass is 35.5. The predicted octanol–water partition coefficient (Wildman–Crippen LogP) is 5.09. The Hall–Kier alpha value is -3.02. The number of nitrogens with zero attached hydrogens (tertiary/aromatic N) is 1. The number of furan rings is 1. The Labute approximate surface area is 195 Å². The summed E-state index contributed by atoms with van der Waals surface area (Å²) in [7, 11) is 0. The zero-order valence-electron chi connectivity index (χ0n) is 17.3. The van der Waals surface area contributed by atoms with Crippen molar-refractivity contribution in [1.29, 1.82) is 0 Å². The van der Waals surface area contributed by atoms with E-state index in [4.69, 9.17) is 27.6 Å². The van der Waals surface area contributed by atoms with E-state index < -0.39 is 0 Å². The van der Waals surface area contributed by atoms with Crippen LogP contribution in [0.2, 0.25) is 5.02 Å². The normalized spacial score (nSPS) is 11.1. The molecule has 1 amide bonds. The maximum absolute atomic E-state index is 13.0. The quantitative estimate of drug-likeness (QED) is 0.366. The molecule has 0 atom stereocenters. The Kier molecular flexibility index (Phi) is 6.98. The molecule has 2 aromatic heterocycles. The van der Waals surface area contributed by atoms with Crippen LogP contribution in [0.4, 0.5) is 0 Å². The van der Waals surface area contributed by atoms with Crippen molar-refractivity contribution < 1.29 is 9.21 Å². The van der Waals surface area contributed by atoms with Gasteiger partial charge in [-0.05, 0) is 35.7 Å². The van der Waals surface area contributed by atoms with Gasteiger partial charge in [-0.25, -0.2) is 0 Å². The first-order valence-corrected chi connectivity index (χ1v) is 11.2. The van der Waals surface area contributed by atoms with E-state index in [-0.39, 0.29) is 23.6 Å². The second-order valence-corrected chi connectivity index (χ2v) is 8.26. The van der Waals surface area contributed by atoms with Gasteiger partial charge in [-0.15, -0.1) is 11.6 Å². The summed E-state index contributed by atoms with van der Waals surface area (Å²) in [4.78, 5) is 25.6. The van der Waals surface area contributed by atoms with Gasteiger partial charge in [-0.3, -0.25) is 9.59 Å². The molecule has 0 spiro atoms. The first-order chi connectivity index (χ1) is 15.5. The molecule has 0 saturated carbocycles. The fraction of sp³-hybridized carbons (Fsp3) is 0.200. The molecule has 0 unspecified atom stereocenters. The molecule has 32 heavy (non-hydrogen) atoms. The van der Waals surface area contributed by atoms with Crippen LogP contribution in [-0.4, -0.2) is 10.5 Å². The summed E-state index contributed by atoms with van der Waals surface area (Å²) in [5, 5.41) is 3.94. The van der Waals surface area contributed by atoms with Gasteiger partial charge < -0.3 is 14.3 Å². The fourth-order valence-electron chi connectivity index (χ4n) is 3.58. The van der Waals surface area contributed by atoms with Gasteiger partial charge >= 0.3 is 0 Å². The largest absolute Gasteiger partial charge is 0.443 e. The number of hydrogen-bond donors (Lipinski definition) is 1. The van der Waals surface area contributed by atoms with Crippen LogP contribution in [0, 0.1) is 0 Å². The minimum Gasteiger partial charge on any atom is -0.443 e. The lowest BCUT2D eigenvalue weighted by Crippen LogP contribution is -2.27. The number of carbonyl (C=O) groups excluding carboxylic acids is 1. The molecule has 164 valence electrons. The number of alkyl halides is 1. The molecule has 0 radical (unpaired) electrons. The highest BCUT2D eigenvalue weighted by Crippen LogP contribution is 2.20. The Bertz CT molecular complexity index is 1280. The van der Waals surface area contributed by atoms with Crippen molar-refractivity contribution in [1.82, 2.24) is 9.88 Å². The van der Waals surface area contributed by atoms with Gasteiger partial charge in [-0.1, -0.05) is 54.1 Å². The number of benzene rings is 2. The van der Waals surface area contributed by atoms with Crippen LogP contribution >= 0.6 is 23.2 Å². The van der Waals surface area contributed by atoms with E-state index in [1.807, 2.05) is 34.9 Å². The van der Waals surface area contributed by atoms with E-state index in [0.29, 0.717) is 40.5 Å². The van der Waals surface area contributed by atoms with Crippen molar-refractivity contribution in [2.45, 2.75) is 31.8 Å². The molecule has 4 aromatic rings. The second-order valence-electron chi connectivity index (χ2n) is 7.56. The van der Waals surface area contributed by atoms with Crippen LogP contribution in [0.5, 0.6) is 0 Å². The van der Waals surface area contributed by atoms with E-state index in [1.165, 1.54) is 5.56 Å². The lowest BCUT2D eigenvalue weighted by atomic mass is 10.1. The maximum Gasteiger partial charge on any atom is 0.224 e. The van der Waals surface area contributed by atoms with Crippen LogP contribution in [0.3, 0.4) is 0 Å². The van der Waals surface area contributed by atoms with Gasteiger partial charge in [0.1, 0.15) is 5.76 Å². The molecule has 7 heteroatoms. The highest BCUT2D eigenvalue weighted by Gasteiger charge is 2.16. The number of aryl methyl sites for hydroxylation is 2. The van der Waals surface area contributed by atoms with Crippen molar-refractivity contribution >= 4 is 40.2 Å². The smallest absolute Gasteiger partial charge is 0.224 e. The molecule has 0 aliphatic carbocycles. The van der Waals surface area contributed by atoms with Gasteiger partial charge in [0.15, 0.2) is 5.43 Å². The Morgan fingerprint density at radius 1 is 1.03 bits per heavy atom. The number of rotatable bonds is 8. The molecule has 2 aromatic carbocycles. The molecule has 2 heterocycles. The summed E-state index contributed by atoms with van der Waals surface area (Å²) in [5.74, 6) is 0.465. The topological polar surface area (TPSA) is 64.2 Å². The van der Waals surface area contributed by atoms with Gasteiger partial charge in [0.25, 0.3) is 0 Å². The summed E-state index contributed by atoms with van der Waals surface area (Å²) in [6, 6.07) is 19.0. The first-order valence-electron chi connectivity index (χ1n) is 10.3. The van der Waals surface area contributed by atoms with Gasteiger partial charge in [0, 0.05) is 29.9 Å². The molecule has 0 bridgehead atoms. The predicted molar refractivity (Wildman–Crippen MR) is 127 cm³/mol. The van der Waals surface area contributed by atoms with E-state index >= 15 is 0 Å². The van der Waals surface area contributed by atoms with Gasteiger partial charge in [0.05, 0.1) is 17.7 Å². The van der Waals surface area contributed by atoms with Crippen molar-refractivity contribution in [2.24, 2.45) is 0 Å². The van der Waals surface area contributed by atoms with E-state index in [9.17, 15) is 9.59 Å². The monoisotopic (exact) mass is 468 g/mol. The van der Waals surface area contributed by atoms with Gasteiger partial charge in [-0.2, -0.15) is 0 Å². The average Bonchev–Trinajstić information content (AvgIpc) is 3.26. The molecule has 4 rings (SSSR count). The van der Waals surface area contributed by atoms with Crippen LogP contribution in [0.1, 0.15) is 22.5 Å². The van der Waals surface area contributed by atoms with Crippen LogP contribution in [0.15, 0.2) is 76.1 Å². The lowest BCUT2D eigenvalue weighted by Gasteiger charge is -2.11. The third kappa shape index (κ3) is 5.23. The Morgan fingerprint density at radius 2 is 1.78 bits per heavy atom. The lowest BCUT2D eigenvalue weighted by molar-refractivity contribution is -0.120. The number of halogens is 2. The molecule has 5 nitrogen and oxygen atoms in total. The summed E-state index contributed by atoms with van der Waals surface area (Å²) in [5.41, 5.74) is 2.79. The molecule has 0 saturated heterocycles. The van der Waals surface area contributed by atoms with Crippen molar-refractivity contribution in [2.75, 3.05) is 0 Å². The van der Waals surface area contributed by atoms with Crippen molar-refractivity contribution in [3.05, 3.63) is 105 Å². The fourth-order valence-corrected chi connectivity index (χ4v) is 3.83. The highest BCUT2D eigenvalue weighted by molar-refractivity contribution is 6.30. The van der Waals surface area contributed by atoms with Gasteiger partial charge in [0.2, 0.25) is 11.6 Å². The molecular formula is C25H22Cl2N2O3. The van der Waals surface area contributed by atoms with Crippen molar-refractivity contribution in [3.63, 3.8) is 0 Å². The third-order valence-electron chi connectivity index (χ3n) is 5.24. The molecule has 1 N–H and O–H groups in total. The number of hydrogen-bond acceptors (Lipinski definition) is 3. The zero-order valence-corrected chi connectivity index (χ0v) is 18.8. The zero-order chi connectivity index (χ0) is 22.5. The first kappa shape index (κ1) is 22.2. The maximum atomic E-state index is 13.0. The second kappa shape index (κ2) is 10.1. The number of aromatic nitrogens is 1. The minimum atomic E-state index is -0.230. The molecular weight excluding hydrogens is 447 g/mol. The summed E-state index contributed by atoms with van der Waals surface area (Å²) >= 11 is 11.8. The number of nitrogens with one attached hydrogen (secondary N) is 1. The summed E-state index contributed by atoms with van der Waals surface area (Å²) < 4.78 is 7.70. The number of fused-ring (bicyclic) bond motifs is 1. The Balaban J connectivity index is 1.56. The summed E-state index contributed by atoms with van der Waals surface area (Å²) in [6.07, 6.45) is 2.46. The molecule has 0 fully saturated rings. The van der Waals surface area contributed by atoms with Crippen LogP contribution in [-0.2, 0) is 36.6 Å². The Morgan fingerprint density at radius 3 is 2.50 bits per heavy atom. The number of carbonyl (C=O) groups is 1. The SMILES string of the molecule is O=C(Cc1cn(CCc2ccccc2)c2oc(CCl)cc2c1=O)NCc1ccc(Cl)cc1. The van der Waals surface area contributed by atoms with E-state index in [0.717, 1.165) is 12.0 Å². The van der Waals surface area contributed by atoms with Crippen LogP contribution in [0.25, 0.3) is 11.1 Å². The standard InChI is InChI=1S/C25H22Cl2N2O3/c26-14-21-13-22-24(31)19(12-23(30)28-15-18-6-8-20(27)9-7-18)16-29(25(22)32-21)11-10-17-4-2-1-3-5-17/h1-9,13,16H,10-12,14-15H2,(H,28,30). The average molecular weight is 469 g/mol. The molecule has 0 aliphatic heterocycles. The number of pyridine rings is 1.